The molecule has 0 unspecified atom stereocenters. The molecule has 2 fully saturated rings. The van der Waals surface area contributed by atoms with Gasteiger partial charge in [0, 0.05) is 13.0 Å². The van der Waals surface area contributed by atoms with Crippen LogP contribution in [-0.2, 0) is 35.2 Å². The van der Waals surface area contributed by atoms with Gasteiger partial charge in [0.25, 0.3) is 0 Å². The Hall–Kier alpha value is -4.04. The van der Waals surface area contributed by atoms with Crippen molar-refractivity contribution >= 4 is 35.4 Å². The summed E-state index contributed by atoms with van der Waals surface area (Å²) in [4.78, 5) is 84.5. The molecule has 14 heteroatoms. The minimum absolute atomic E-state index is 0.00586. The zero-order chi connectivity index (χ0) is 36.1. The number of benzene rings is 1. The summed E-state index contributed by atoms with van der Waals surface area (Å²) in [6, 6.07) is 3.20. The molecular weight excluding hydrogens is 628 g/mol. The molecule has 2 aliphatic rings. The number of nitrogens with two attached hydrogens (primary N) is 2. The number of fused-ring (bicyclic) bond motifs is 1. The van der Waals surface area contributed by atoms with Gasteiger partial charge in [0.05, 0.1) is 0 Å². The zero-order valence-electron chi connectivity index (χ0n) is 29.3. The lowest BCUT2D eigenvalue weighted by atomic mass is 9.99. The van der Waals surface area contributed by atoms with Gasteiger partial charge < -0.3 is 43.0 Å². The van der Waals surface area contributed by atoms with Crippen LogP contribution in [-0.4, -0.2) is 96.2 Å². The number of nitrogens with one attached hydrogen (secondary N) is 5. The van der Waals surface area contributed by atoms with Crippen molar-refractivity contribution < 1.29 is 28.8 Å². The minimum Gasteiger partial charge on any atom is -0.343 e. The second-order valence-electron chi connectivity index (χ2n) is 13.8. The first kappa shape index (κ1) is 39.4. The van der Waals surface area contributed by atoms with Crippen LogP contribution in [0.5, 0.6) is 0 Å². The average molecular weight is 685 g/mol. The van der Waals surface area contributed by atoms with Crippen molar-refractivity contribution in [3.8, 4) is 0 Å². The maximum atomic E-state index is 14.2. The Balaban J connectivity index is 2.08. The monoisotopic (exact) mass is 684 g/mol. The van der Waals surface area contributed by atoms with Crippen LogP contribution >= 0.6 is 0 Å². The van der Waals surface area contributed by atoms with Crippen LogP contribution in [0.1, 0.15) is 78.2 Å². The molecule has 1 aromatic rings. The molecule has 0 bridgehead atoms. The molecule has 2 saturated heterocycles. The summed E-state index contributed by atoms with van der Waals surface area (Å²) in [6.07, 6.45) is 2.61. The third-order valence-electron chi connectivity index (χ3n) is 8.98. The van der Waals surface area contributed by atoms with E-state index in [1.807, 2.05) is 44.2 Å². The van der Waals surface area contributed by atoms with Gasteiger partial charge in [0.15, 0.2) is 0 Å². The quantitative estimate of drug-likeness (QED) is 0.166. The molecule has 49 heavy (non-hydrogen) atoms. The first-order valence-electron chi connectivity index (χ1n) is 17.6. The standard InChI is InChI=1S/C35H56N8O6/c1-21(2)19-26-32(46)41-27(20-23-11-6-5-7-12-23)35(49)43-18-10-15-28(43)33(47)38-25(14-9-17-37)31(45)42-29(22(3)4)34(48)39-24(13-8-16-36)30(44)40-26/h5-7,11-12,21-22,24-29H,8-10,13-20,36-37H2,1-4H3,(H,38,47)(H,39,48)(H,40,44)(H,41,46)(H,42,45)/t24-,25+,26+,27+,28-,29-/m0/s1. The number of hydrogen-bond acceptors (Lipinski definition) is 8. The van der Waals surface area contributed by atoms with E-state index >= 15 is 0 Å². The van der Waals surface area contributed by atoms with E-state index in [4.69, 9.17) is 11.5 Å². The van der Waals surface area contributed by atoms with Gasteiger partial charge in [-0.1, -0.05) is 58.0 Å². The Morgan fingerprint density at radius 2 is 1.22 bits per heavy atom. The number of carbonyl (C=O) groups is 6. The highest BCUT2D eigenvalue weighted by Crippen LogP contribution is 2.21. The lowest BCUT2D eigenvalue weighted by Gasteiger charge is -2.32. The van der Waals surface area contributed by atoms with Crippen LogP contribution in [0.25, 0.3) is 0 Å². The Morgan fingerprint density at radius 1 is 0.694 bits per heavy atom. The fourth-order valence-corrected chi connectivity index (χ4v) is 6.30. The molecule has 0 spiro atoms. The molecule has 0 radical (unpaired) electrons. The highest BCUT2D eigenvalue weighted by molar-refractivity contribution is 5.98. The van der Waals surface area contributed by atoms with Crippen molar-refractivity contribution in [1.29, 1.82) is 0 Å². The first-order chi connectivity index (χ1) is 23.4. The molecule has 1 aromatic carbocycles. The second kappa shape index (κ2) is 19.2. The van der Waals surface area contributed by atoms with Gasteiger partial charge in [0.1, 0.15) is 36.3 Å². The lowest BCUT2D eigenvalue weighted by Crippen LogP contribution is -2.62. The molecule has 14 nitrogen and oxygen atoms in total. The van der Waals surface area contributed by atoms with Gasteiger partial charge in [-0.3, -0.25) is 28.8 Å². The van der Waals surface area contributed by atoms with Crippen LogP contribution < -0.4 is 38.1 Å². The third kappa shape index (κ3) is 11.5. The van der Waals surface area contributed by atoms with Crippen LogP contribution in [0.15, 0.2) is 30.3 Å². The zero-order valence-corrected chi connectivity index (χ0v) is 29.3. The largest absolute Gasteiger partial charge is 0.343 e. The molecule has 9 N–H and O–H groups in total. The highest BCUT2D eigenvalue weighted by Gasteiger charge is 2.40. The van der Waals surface area contributed by atoms with Gasteiger partial charge >= 0.3 is 0 Å². The third-order valence-corrected chi connectivity index (χ3v) is 8.98. The summed E-state index contributed by atoms with van der Waals surface area (Å²) in [5.41, 5.74) is 12.3. The molecule has 3 rings (SSSR count). The number of nitrogens with zero attached hydrogens (tertiary/aromatic N) is 1. The molecule has 0 aliphatic carbocycles. The van der Waals surface area contributed by atoms with E-state index < -0.39 is 71.7 Å². The molecule has 6 atom stereocenters. The first-order valence-corrected chi connectivity index (χ1v) is 17.6. The van der Waals surface area contributed by atoms with Crippen LogP contribution in [0, 0.1) is 11.8 Å². The molecule has 2 heterocycles. The van der Waals surface area contributed by atoms with Gasteiger partial charge in [-0.2, -0.15) is 0 Å². The van der Waals surface area contributed by atoms with Crippen molar-refractivity contribution in [3.05, 3.63) is 35.9 Å². The van der Waals surface area contributed by atoms with E-state index in [0.29, 0.717) is 32.2 Å². The van der Waals surface area contributed by atoms with E-state index in [-0.39, 0.29) is 50.6 Å². The summed E-state index contributed by atoms with van der Waals surface area (Å²) in [7, 11) is 0. The second-order valence-corrected chi connectivity index (χ2v) is 13.8. The Labute approximate surface area is 289 Å². The van der Waals surface area contributed by atoms with E-state index in [1.54, 1.807) is 13.8 Å². The van der Waals surface area contributed by atoms with Gasteiger partial charge in [-0.05, 0) is 75.4 Å². The van der Waals surface area contributed by atoms with Crippen molar-refractivity contribution in [2.24, 2.45) is 23.3 Å². The molecule has 272 valence electrons. The fraction of sp³-hybridized carbons (Fsp3) is 0.657. The van der Waals surface area contributed by atoms with E-state index in [2.05, 4.69) is 26.6 Å². The number of amides is 6. The normalized spacial score (nSPS) is 26.3. The Kier molecular flexibility index (Phi) is 15.5. The van der Waals surface area contributed by atoms with Gasteiger partial charge in [-0.25, -0.2) is 0 Å². The van der Waals surface area contributed by atoms with E-state index in [1.165, 1.54) is 4.90 Å². The fourth-order valence-electron chi connectivity index (χ4n) is 6.30. The topological polar surface area (TPSA) is 218 Å². The lowest BCUT2D eigenvalue weighted by molar-refractivity contribution is -0.143. The Bertz CT molecular complexity index is 1290. The SMILES string of the molecule is CC(C)C[C@H]1NC(=O)[C@H](CCCN)NC(=O)[C@H](C(C)C)NC(=O)[C@@H](CCCN)NC(=O)[C@@H]2CCCN2C(=O)[C@@H](Cc2ccccc2)NC1=O. The van der Waals surface area contributed by atoms with Crippen molar-refractivity contribution in [2.45, 2.75) is 115 Å². The highest BCUT2D eigenvalue weighted by atomic mass is 16.2. The molecule has 6 amide bonds. The summed E-state index contributed by atoms with van der Waals surface area (Å²) >= 11 is 0. The number of rotatable bonds is 11. The minimum atomic E-state index is -1.05. The summed E-state index contributed by atoms with van der Waals surface area (Å²) < 4.78 is 0. The predicted octanol–water partition coefficient (Wildman–Crippen LogP) is -0.162. The van der Waals surface area contributed by atoms with Crippen LogP contribution in [0.3, 0.4) is 0 Å². The smallest absolute Gasteiger partial charge is 0.246 e. The van der Waals surface area contributed by atoms with Crippen LogP contribution in [0.2, 0.25) is 0 Å². The van der Waals surface area contributed by atoms with Crippen molar-refractivity contribution in [2.75, 3.05) is 19.6 Å². The Morgan fingerprint density at radius 3 is 1.80 bits per heavy atom. The maximum Gasteiger partial charge on any atom is 0.246 e. The van der Waals surface area contributed by atoms with E-state index in [9.17, 15) is 28.8 Å². The van der Waals surface area contributed by atoms with Crippen molar-refractivity contribution in [3.63, 3.8) is 0 Å². The molecule has 0 saturated carbocycles. The molecule has 0 aromatic heterocycles. The van der Waals surface area contributed by atoms with Gasteiger partial charge in [0.2, 0.25) is 35.4 Å². The van der Waals surface area contributed by atoms with Crippen LogP contribution in [0.4, 0.5) is 0 Å². The maximum absolute atomic E-state index is 14.2. The molecular formula is C35H56N8O6. The summed E-state index contributed by atoms with van der Waals surface area (Å²) in [6.45, 7) is 8.18. The molecule has 2 aliphatic heterocycles. The number of hydrogen-bond donors (Lipinski definition) is 7. The average Bonchev–Trinajstić information content (AvgIpc) is 3.56. The van der Waals surface area contributed by atoms with E-state index in [0.717, 1.165) is 5.56 Å². The number of carbonyl (C=O) groups excluding carboxylic acids is 6. The van der Waals surface area contributed by atoms with Crippen molar-refractivity contribution in [1.82, 2.24) is 31.5 Å². The predicted molar refractivity (Wildman–Crippen MR) is 185 cm³/mol. The summed E-state index contributed by atoms with van der Waals surface area (Å²) in [5, 5.41) is 14.1. The summed E-state index contributed by atoms with van der Waals surface area (Å²) in [5.74, 6) is -3.57. The van der Waals surface area contributed by atoms with Gasteiger partial charge in [-0.15, -0.1) is 0 Å².